The number of nitrogens with zero attached hydrogens (tertiary/aromatic N) is 1. The molecule has 92 valence electrons. The summed E-state index contributed by atoms with van der Waals surface area (Å²) in [5.41, 5.74) is -0.387. The summed E-state index contributed by atoms with van der Waals surface area (Å²) in [7, 11) is 0. The van der Waals surface area contributed by atoms with Crippen LogP contribution in [0.1, 0.15) is 27.2 Å². The molecule has 4 heteroatoms. The zero-order valence-corrected chi connectivity index (χ0v) is 10.5. The molecule has 2 aliphatic rings. The lowest BCUT2D eigenvalue weighted by atomic mass is 9.89. The van der Waals surface area contributed by atoms with E-state index < -0.39 is 0 Å². The molecule has 0 aromatic carbocycles. The van der Waals surface area contributed by atoms with Crippen molar-refractivity contribution in [2.75, 3.05) is 26.2 Å². The summed E-state index contributed by atoms with van der Waals surface area (Å²) in [6.45, 7) is 9.60. The Bertz CT molecular complexity index is 273. The Hall–Kier alpha value is -0.770. The van der Waals surface area contributed by atoms with Crippen LogP contribution in [0.15, 0.2) is 0 Å². The third-order valence-corrected chi connectivity index (χ3v) is 3.36. The van der Waals surface area contributed by atoms with Crippen molar-refractivity contribution < 1.29 is 9.53 Å². The smallest absolute Gasteiger partial charge is 0.410 e. The summed E-state index contributed by atoms with van der Waals surface area (Å²) in [5, 5.41) is 3.39. The average Bonchev–Trinajstić information content (AvgIpc) is 2.61. The molecule has 2 fully saturated rings. The quantitative estimate of drug-likeness (QED) is 0.680. The van der Waals surface area contributed by atoms with Crippen LogP contribution in [0.3, 0.4) is 0 Å². The minimum absolute atomic E-state index is 0.155. The number of nitrogens with one attached hydrogen (secondary N) is 1. The summed E-state index contributed by atoms with van der Waals surface area (Å²) < 4.78 is 5.39. The average molecular weight is 226 g/mol. The number of piperidine rings is 1. The zero-order chi connectivity index (χ0) is 11.8. The largest absolute Gasteiger partial charge is 0.444 e. The molecule has 0 aromatic heterocycles. The monoisotopic (exact) mass is 226 g/mol. The highest BCUT2D eigenvalue weighted by Gasteiger charge is 2.35. The minimum atomic E-state index is -0.387. The van der Waals surface area contributed by atoms with Gasteiger partial charge in [-0.25, -0.2) is 4.79 Å². The van der Waals surface area contributed by atoms with E-state index in [1.807, 2.05) is 25.7 Å². The molecule has 0 saturated carbocycles. The second-order valence-electron chi connectivity index (χ2n) is 5.89. The molecule has 4 nitrogen and oxygen atoms in total. The second-order valence-corrected chi connectivity index (χ2v) is 5.89. The standard InChI is InChI=1S/C12H22N2O2/c1-12(2,3)16-11(15)14-5-4-9-6-13-7-10(9)8-14/h9-10,13H,4-8H2,1-3H3. The zero-order valence-electron chi connectivity index (χ0n) is 10.5. The molecule has 2 saturated heterocycles. The topological polar surface area (TPSA) is 41.6 Å². The number of hydrogen-bond donors (Lipinski definition) is 1. The molecule has 0 aliphatic carbocycles. The summed E-state index contributed by atoms with van der Waals surface area (Å²) >= 11 is 0. The number of fused-ring (bicyclic) bond motifs is 1. The van der Waals surface area contributed by atoms with Gasteiger partial charge in [-0.2, -0.15) is 0 Å². The summed E-state index contributed by atoms with van der Waals surface area (Å²) in [5.74, 6) is 1.39. The van der Waals surface area contributed by atoms with E-state index in [1.54, 1.807) is 0 Å². The first-order valence-corrected chi connectivity index (χ1v) is 6.14. The highest BCUT2D eigenvalue weighted by molar-refractivity contribution is 5.68. The highest BCUT2D eigenvalue weighted by atomic mass is 16.6. The van der Waals surface area contributed by atoms with Gasteiger partial charge in [-0.1, -0.05) is 0 Å². The molecular weight excluding hydrogens is 204 g/mol. The fourth-order valence-corrected chi connectivity index (χ4v) is 2.53. The molecule has 2 rings (SSSR count). The van der Waals surface area contributed by atoms with Gasteiger partial charge in [-0.3, -0.25) is 0 Å². The fourth-order valence-electron chi connectivity index (χ4n) is 2.53. The van der Waals surface area contributed by atoms with Crippen LogP contribution >= 0.6 is 0 Å². The van der Waals surface area contributed by atoms with Crippen LogP contribution in [0.5, 0.6) is 0 Å². The van der Waals surface area contributed by atoms with Crippen molar-refractivity contribution in [3.05, 3.63) is 0 Å². The van der Waals surface area contributed by atoms with Gasteiger partial charge in [0, 0.05) is 13.1 Å². The first kappa shape index (κ1) is 11.7. The summed E-state index contributed by atoms with van der Waals surface area (Å²) in [6.07, 6.45) is 0.953. The molecule has 2 heterocycles. The molecule has 1 amide bonds. The lowest BCUT2D eigenvalue weighted by Gasteiger charge is -2.35. The number of carbonyl (C=O) groups is 1. The van der Waals surface area contributed by atoms with Gasteiger partial charge in [0.25, 0.3) is 0 Å². The van der Waals surface area contributed by atoms with Crippen LogP contribution in [-0.4, -0.2) is 42.8 Å². The molecular formula is C12H22N2O2. The number of carbonyl (C=O) groups excluding carboxylic acids is 1. The van der Waals surface area contributed by atoms with Crippen LogP contribution in [0.2, 0.25) is 0 Å². The molecule has 1 N–H and O–H groups in total. The Morgan fingerprint density at radius 1 is 1.31 bits per heavy atom. The summed E-state index contributed by atoms with van der Waals surface area (Å²) in [6, 6.07) is 0. The normalized spacial score (nSPS) is 30.1. The molecule has 2 aliphatic heterocycles. The first-order chi connectivity index (χ1) is 7.46. The van der Waals surface area contributed by atoms with Crippen molar-refractivity contribution in [3.63, 3.8) is 0 Å². The van der Waals surface area contributed by atoms with Crippen molar-refractivity contribution in [1.82, 2.24) is 10.2 Å². The second kappa shape index (κ2) is 4.24. The first-order valence-electron chi connectivity index (χ1n) is 6.14. The van der Waals surface area contributed by atoms with Crippen LogP contribution in [0, 0.1) is 11.8 Å². The van der Waals surface area contributed by atoms with Gasteiger partial charge < -0.3 is 15.0 Å². The Morgan fingerprint density at radius 3 is 2.69 bits per heavy atom. The molecule has 0 radical (unpaired) electrons. The van der Waals surface area contributed by atoms with E-state index in [9.17, 15) is 4.79 Å². The Balaban J connectivity index is 1.89. The molecule has 0 aromatic rings. The van der Waals surface area contributed by atoms with Gasteiger partial charge in [-0.05, 0) is 52.1 Å². The van der Waals surface area contributed by atoms with Crippen LogP contribution in [0.4, 0.5) is 4.79 Å². The Morgan fingerprint density at radius 2 is 2.00 bits per heavy atom. The predicted molar refractivity (Wildman–Crippen MR) is 62.3 cm³/mol. The van der Waals surface area contributed by atoms with Crippen molar-refractivity contribution in [2.45, 2.75) is 32.8 Å². The molecule has 0 spiro atoms. The Kier molecular flexibility index (Phi) is 3.10. The van der Waals surface area contributed by atoms with E-state index in [4.69, 9.17) is 4.74 Å². The van der Waals surface area contributed by atoms with Gasteiger partial charge in [0.1, 0.15) is 5.60 Å². The van der Waals surface area contributed by atoms with Crippen molar-refractivity contribution in [3.8, 4) is 0 Å². The van der Waals surface area contributed by atoms with E-state index in [0.717, 1.165) is 38.5 Å². The van der Waals surface area contributed by atoms with Gasteiger partial charge in [0.15, 0.2) is 0 Å². The fraction of sp³-hybridized carbons (Fsp3) is 0.917. The highest BCUT2D eigenvalue weighted by Crippen LogP contribution is 2.27. The van der Waals surface area contributed by atoms with E-state index in [-0.39, 0.29) is 11.7 Å². The number of amides is 1. The maximum absolute atomic E-state index is 11.9. The lowest BCUT2D eigenvalue weighted by molar-refractivity contribution is 0.0140. The number of rotatable bonds is 0. The molecule has 0 bridgehead atoms. The third kappa shape index (κ3) is 2.67. The SMILES string of the molecule is CC(C)(C)OC(=O)N1CCC2CNCC2C1. The maximum Gasteiger partial charge on any atom is 0.410 e. The molecule has 16 heavy (non-hydrogen) atoms. The third-order valence-electron chi connectivity index (χ3n) is 3.36. The van der Waals surface area contributed by atoms with E-state index >= 15 is 0 Å². The predicted octanol–water partition coefficient (Wildman–Crippen LogP) is 1.46. The van der Waals surface area contributed by atoms with E-state index in [1.165, 1.54) is 0 Å². The van der Waals surface area contributed by atoms with Crippen LogP contribution < -0.4 is 5.32 Å². The minimum Gasteiger partial charge on any atom is -0.444 e. The van der Waals surface area contributed by atoms with Crippen LogP contribution in [-0.2, 0) is 4.74 Å². The van der Waals surface area contributed by atoms with Crippen LogP contribution in [0.25, 0.3) is 0 Å². The van der Waals surface area contributed by atoms with Gasteiger partial charge in [0.05, 0.1) is 0 Å². The van der Waals surface area contributed by atoms with Crippen molar-refractivity contribution in [1.29, 1.82) is 0 Å². The van der Waals surface area contributed by atoms with E-state index in [0.29, 0.717) is 5.92 Å². The van der Waals surface area contributed by atoms with Gasteiger partial charge in [-0.15, -0.1) is 0 Å². The van der Waals surface area contributed by atoms with Crippen molar-refractivity contribution >= 4 is 6.09 Å². The lowest BCUT2D eigenvalue weighted by Crippen LogP contribution is -2.45. The number of hydrogen-bond acceptors (Lipinski definition) is 3. The number of ether oxygens (including phenoxy) is 1. The van der Waals surface area contributed by atoms with E-state index in [2.05, 4.69) is 5.32 Å². The maximum atomic E-state index is 11.9. The van der Waals surface area contributed by atoms with Gasteiger partial charge >= 0.3 is 6.09 Å². The molecule has 2 unspecified atom stereocenters. The Labute approximate surface area is 97.3 Å². The number of likely N-dealkylation sites (tertiary alicyclic amines) is 1. The molecule has 2 atom stereocenters. The van der Waals surface area contributed by atoms with Gasteiger partial charge in [0.2, 0.25) is 0 Å². The van der Waals surface area contributed by atoms with Crippen molar-refractivity contribution in [2.24, 2.45) is 11.8 Å². The summed E-state index contributed by atoms with van der Waals surface area (Å²) in [4.78, 5) is 13.7.